The molecule has 0 aromatic heterocycles. The summed E-state index contributed by atoms with van der Waals surface area (Å²) in [6.45, 7) is 2.20. The van der Waals surface area contributed by atoms with Gasteiger partial charge >= 0.3 is 0 Å². The van der Waals surface area contributed by atoms with Gasteiger partial charge in [-0.3, -0.25) is 0 Å². The van der Waals surface area contributed by atoms with Crippen LogP contribution in [0.25, 0.3) is 0 Å². The van der Waals surface area contributed by atoms with E-state index in [-0.39, 0.29) is 0 Å². The van der Waals surface area contributed by atoms with Gasteiger partial charge < -0.3 is 10.2 Å². The molecule has 1 heterocycles. The fraction of sp³-hybridized carbons (Fsp3) is 0.462. The smallest absolute Gasteiger partial charge is 0.0992 e. The van der Waals surface area contributed by atoms with Gasteiger partial charge in [-0.05, 0) is 44.6 Å². The van der Waals surface area contributed by atoms with Crippen molar-refractivity contribution in [2.45, 2.75) is 18.9 Å². The highest BCUT2D eigenvalue weighted by Crippen LogP contribution is 2.25. The van der Waals surface area contributed by atoms with E-state index >= 15 is 0 Å². The first-order chi connectivity index (χ1) is 8.19. The van der Waals surface area contributed by atoms with Crippen LogP contribution in [0.5, 0.6) is 0 Å². The van der Waals surface area contributed by atoms with Crippen molar-refractivity contribution in [3.63, 3.8) is 0 Å². The lowest BCUT2D eigenvalue weighted by molar-refractivity contribution is 0.261. The van der Waals surface area contributed by atoms with Gasteiger partial charge in [0.1, 0.15) is 0 Å². The molecular formula is C13H16ClN3. The highest BCUT2D eigenvalue weighted by atomic mass is 35.5. The van der Waals surface area contributed by atoms with Crippen molar-refractivity contribution in [1.82, 2.24) is 4.90 Å². The normalized spacial score (nSPS) is 20.9. The first-order valence-corrected chi connectivity index (χ1v) is 6.21. The van der Waals surface area contributed by atoms with Crippen LogP contribution in [0.15, 0.2) is 18.2 Å². The number of piperidine rings is 1. The van der Waals surface area contributed by atoms with Crippen LogP contribution in [-0.4, -0.2) is 31.1 Å². The summed E-state index contributed by atoms with van der Waals surface area (Å²) in [4.78, 5) is 2.32. The van der Waals surface area contributed by atoms with Gasteiger partial charge in [-0.15, -0.1) is 0 Å². The van der Waals surface area contributed by atoms with E-state index in [2.05, 4.69) is 23.3 Å². The first-order valence-electron chi connectivity index (χ1n) is 5.84. The van der Waals surface area contributed by atoms with Crippen molar-refractivity contribution in [2.24, 2.45) is 0 Å². The van der Waals surface area contributed by atoms with Crippen molar-refractivity contribution in [2.75, 3.05) is 25.5 Å². The Kier molecular flexibility index (Phi) is 3.88. The number of hydrogen-bond donors (Lipinski definition) is 1. The van der Waals surface area contributed by atoms with E-state index in [1.807, 2.05) is 6.07 Å². The van der Waals surface area contributed by atoms with Gasteiger partial charge in [-0.1, -0.05) is 11.6 Å². The predicted octanol–water partition coefficient (Wildman–Crippen LogP) is 2.72. The van der Waals surface area contributed by atoms with Crippen molar-refractivity contribution >= 4 is 17.3 Å². The number of rotatable bonds is 2. The summed E-state index contributed by atoms with van der Waals surface area (Å²) < 4.78 is 0. The number of hydrogen-bond acceptors (Lipinski definition) is 3. The molecule has 0 bridgehead atoms. The van der Waals surface area contributed by atoms with Gasteiger partial charge in [0.05, 0.1) is 22.3 Å². The second-order valence-electron chi connectivity index (χ2n) is 4.55. The van der Waals surface area contributed by atoms with Crippen LogP contribution < -0.4 is 5.32 Å². The third-order valence-electron chi connectivity index (χ3n) is 3.08. The molecule has 90 valence electrons. The second kappa shape index (κ2) is 5.39. The Balaban J connectivity index is 2.06. The predicted molar refractivity (Wildman–Crippen MR) is 70.3 cm³/mol. The SMILES string of the molecule is CN1CCCC(Nc2ccc(C#N)cc2Cl)C1. The molecule has 17 heavy (non-hydrogen) atoms. The van der Waals surface area contributed by atoms with E-state index in [9.17, 15) is 0 Å². The molecule has 0 saturated carbocycles. The molecule has 0 spiro atoms. The Labute approximate surface area is 107 Å². The summed E-state index contributed by atoms with van der Waals surface area (Å²) in [6, 6.07) is 7.91. The maximum Gasteiger partial charge on any atom is 0.0992 e. The molecule has 1 atom stereocenters. The van der Waals surface area contributed by atoms with Crippen molar-refractivity contribution in [3.05, 3.63) is 28.8 Å². The molecule has 2 rings (SSSR count). The molecule has 1 unspecified atom stereocenters. The first kappa shape index (κ1) is 12.2. The van der Waals surface area contributed by atoms with Gasteiger partial charge in [0.25, 0.3) is 0 Å². The van der Waals surface area contributed by atoms with Crippen LogP contribution >= 0.6 is 11.6 Å². The standard InChI is InChI=1S/C13H16ClN3/c1-17-6-2-3-11(9-17)16-13-5-4-10(8-15)7-12(13)14/h4-5,7,11,16H,2-3,6,9H2,1H3. The number of anilines is 1. The molecule has 4 heteroatoms. The topological polar surface area (TPSA) is 39.1 Å². The summed E-state index contributed by atoms with van der Waals surface area (Å²) in [5.74, 6) is 0. The summed E-state index contributed by atoms with van der Waals surface area (Å²) >= 11 is 6.14. The third kappa shape index (κ3) is 3.12. The minimum absolute atomic E-state index is 0.444. The van der Waals surface area contributed by atoms with E-state index in [1.165, 1.54) is 19.4 Å². The quantitative estimate of drug-likeness (QED) is 0.876. The molecule has 1 fully saturated rings. The molecule has 1 aliphatic rings. The number of likely N-dealkylation sites (N-methyl/N-ethyl adjacent to an activating group) is 1. The van der Waals surface area contributed by atoms with E-state index in [0.717, 1.165) is 12.2 Å². The Morgan fingerprint density at radius 3 is 3.00 bits per heavy atom. The lowest BCUT2D eigenvalue weighted by Gasteiger charge is -2.31. The van der Waals surface area contributed by atoms with Crippen LogP contribution in [0.1, 0.15) is 18.4 Å². The lowest BCUT2D eigenvalue weighted by Crippen LogP contribution is -2.39. The number of halogens is 1. The molecule has 1 aromatic rings. The highest BCUT2D eigenvalue weighted by molar-refractivity contribution is 6.33. The minimum atomic E-state index is 0.444. The molecule has 0 amide bonds. The molecular weight excluding hydrogens is 234 g/mol. The average molecular weight is 250 g/mol. The number of nitriles is 1. The summed E-state index contributed by atoms with van der Waals surface area (Å²) in [5.41, 5.74) is 1.52. The van der Waals surface area contributed by atoms with E-state index in [1.54, 1.807) is 12.1 Å². The Morgan fingerprint density at radius 2 is 2.35 bits per heavy atom. The van der Waals surface area contributed by atoms with Gasteiger partial charge in [0.15, 0.2) is 0 Å². The zero-order valence-corrected chi connectivity index (χ0v) is 10.7. The average Bonchev–Trinajstić information content (AvgIpc) is 2.32. The number of likely N-dealkylation sites (tertiary alicyclic amines) is 1. The number of benzene rings is 1. The summed E-state index contributed by atoms with van der Waals surface area (Å²) in [6.07, 6.45) is 2.38. The Bertz CT molecular complexity index is 439. The Morgan fingerprint density at radius 1 is 1.53 bits per heavy atom. The van der Waals surface area contributed by atoms with Crippen LogP contribution in [-0.2, 0) is 0 Å². The summed E-state index contributed by atoms with van der Waals surface area (Å²) in [5, 5.41) is 12.8. The minimum Gasteiger partial charge on any atom is -0.380 e. The Hall–Kier alpha value is -1.24. The maximum absolute atomic E-state index is 8.77. The molecule has 0 aliphatic carbocycles. The monoisotopic (exact) mass is 249 g/mol. The van der Waals surface area contributed by atoms with E-state index < -0.39 is 0 Å². The third-order valence-corrected chi connectivity index (χ3v) is 3.40. The number of nitrogens with zero attached hydrogens (tertiary/aromatic N) is 2. The van der Waals surface area contributed by atoms with Crippen LogP contribution in [0.2, 0.25) is 5.02 Å². The summed E-state index contributed by atoms with van der Waals surface area (Å²) in [7, 11) is 2.13. The largest absolute Gasteiger partial charge is 0.380 e. The van der Waals surface area contributed by atoms with E-state index in [4.69, 9.17) is 16.9 Å². The molecule has 1 aromatic carbocycles. The highest BCUT2D eigenvalue weighted by Gasteiger charge is 2.17. The van der Waals surface area contributed by atoms with E-state index in [0.29, 0.717) is 16.6 Å². The van der Waals surface area contributed by atoms with Crippen LogP contribution in [0.4, 0.5) is 5.69 Å². The fourth-order valence-corrected chi connectivity index (χ4v) is 2.44. The molecule has 3 nitrogen and oxygen atoms in total. The molecule has 1 aliphatic heterocycles. The van der Waals surface area contributed by atoms with Gasteiger partial charge in [0, 0.05) is 12.6 Å². The lowest BCUT2D eigenvalue weighted by atomic mass is 10.1. The van der Waals surface area contributed by atoms with Crippen LogP contribution in [0, 0.1) is 11.3 Å². The van der Waals surface area contributed by atoms with Crippen molar-refractivity contribution in [1.29, 1.82) is 5.26 Å². The molecule has 1 N–H and O–H groups in total. The second-order valence-corrected chi connectivity index (χ2v) is 4.96. The van der Waals surface area contributed by atoms with Gasteiger partial charge in [-0.2, -0.15) is 5.26 Å². The maximum atomic E-state index is 8.77. The number of nitrogens with one attached hydrogen (secondary N) is 1. The fourth-order valence-electron chi connectivity index (χ4n) is 2.21. The molecule has 0 radical (unpaired) electrons. The van der Waals surface area contributed by atoms with Crippen molar-refractivity contribution < 1.29 is 0 Å². The zero-order chi connectivity index (χ0) is 12.3. The van der Waals surface area contributed by atoms with Crippen LogP contribution in [0.3, 0.4) is 0 Å². The van der Waals surface area contributed by atoms with Crippen molar-refractivity contribution in [3.8, 4) is 6.07 Å². The zero-order valence-electron chi connectivity index (χ0n) is 9.91. The molecule has 1 saturated heterocycles. The van der Waals surface area contributed by atoms with Gasteiger partial charge in [0.2, 0.25) is 0 Å². The van der Waals surface area contributed by atoms with Gasteiger partial charge in [-0.25, -0.2) is 0 Å².